The van der Waals surface area contributed by atoms with Gasteiger partial charge in [0, 0.05) is 6.07 Å². The number of carbonyl (C=O) groups excluding carboxylic acids is 1. The molecular formula is C15H16N2O3. The average molecular weight is 272 g/mol. The summed E-state index contributed by atoms with van der Waals surface area (Å²) in [5.41, 5.74) is 6.85. The highest BCUT2D eigenvalue weighted by Gasteiger charge is 2.17. The fourth-order valence-corrected chi connectivity index (χ4v) is 1.76. The predicted molar refractivity (Wildman–Crippen MR) is 76.7 cm³/mol. The summed E-state index contributed by atoms with van der Waals surface area (Å²) < 4.78 is 5.04. The summed E-state index contributed by atoms with van der Waals surface area (Å²) >= 11 is 0. The highest BCUT2D eigenvalue weighted by molar-refractivity contribution is 5.96. The summed E-state index contributed by atoms with van der Waals surface area (Å²) in [4.78, 5) is 12.1. The minimum atomic E-state index is -0.804. The third-order valence-electron chi connectivity index (χ3n) is 2.90. The van der Waals surface area contributed by atoms with Crippen LogP contribution in [0.4, 0.5) is 5.69 Å². The third-order valence-corrected chi connectivity index (χ3v) is 2.90. The van der Waals surface area contributed by atoms with Gasteiger partial charge in [0.15, 0.2) is 0 Å². The van der Waals surface area contributed by atoms with Crippen molar-refractivity contribution in [2.24, 2.45) is 5.73 Å². The molecule has 2 aromatic rings. The lowest BCUT2D eigenvalue weighted by molar-refractivity contribution is -0.117. The molecule has 0 heterocycles. The smallest absolute Gasteiger partial charge is 0.245 e. The zero-order chi connectivity index (χ0) is 14.5. The molecule has 2 aromatic carbocycles. The van der Waals surface area contributed by atoms with Crippen molar-refractivity contribution in [1.29, 1.82) is 0 Å². The lowest BCUT2D eigenvalue weighted by atomic mass is 10.1. The van der Waals surface area contributed by atoms with Gasteiger partial charge in [0.2, 0.25) is 5.91 Å². The number of methoxy groups -OCH3 is 1. The summed E-state index contributed by atoms with van der Waals surface area (Å²) in [6.07, 6.45) is 0. The van der Waals surface area contributed by atoms with Crippen LogP contribution in [0.5, 0.6) is 11.5 Å². The highest BCUT2D eigenvalue weighted by Crippen LogP contribution is 2.28. The van der Waals surface area contributed by atoms with Gasteiger partial charge >= 0.3 is 0 Å². The molecule has 4 N–H and O–H groups in total. The molecule has 2 rings (SSSR count). The van der Waals surface area contributed by atoms with E-state index >= 15 is 0 Å². The zero-order valence-electron chi connectivity index (χ0n) is 11.0. The van der Waals surface area contributed by atoms with E-state index in [1.807, 2.05) is 18.2 Å². The van der Waals surface area contributed by atoms with Crippen LogP contribution >= 0.6 is 0 Å². The number of phenolic OH excluding ortho intramolecular Hbond substituents is 1. The van der Waals surface area contributed by atoms with E-state index in [0.29, 0.717) is 11.3 Å². The van der Waals surface area contributed by atoms with Crippen LogP contribution in [0.1, 0.15) is 11.6 Å². The van der Waals surface area contributed by atoms with Gasteiger partial charge in [-0.25, -0.2) is 0 Å². The van der Waals surface area contributed by atoms with Crippen molar-refractivity contribution in [3.8, 4) is 11.5 Å². The zero-order valence-corrected chi connectivity index (χ0v) is 11.0. The Hall–Kier alpha value is -2.53. The Morgan fingerprint density at radius 1 is 1.25 bits per heavy atom. The monoisotopic (exact) mass is 272 g/mol. The van der Waals surface area contributed by atoms with Crippen molar-refractivity contribution in [3.05, 3.63) is 54.1 Å². The molecule has 1 amide bonds. The maximum absolute atomic E-state index is 12.1. The van der Waals surface area contributed by atoms with Gasteiger partial charge in [-0.05, 0) is 17.7 Å². The van der Waals surface area contributed by atoms with Crippen molar-refractivity contribution in [3.63, 3.8) is 0 Å². The van der Waals surface area contributed by atoms with Crippen LogP contribution in [0, 0.1) is 0 Å². The number of phenols is 1. The number of carbonyl (C=O) groups is 1. The number of hydrogen-bond donors (Lipinski definition) is 3. The predicted octanol–water partition coefficient (Wildman–Crippen LogP) is 2.04. The van der Waals surface area contributed by atoms with E-state index in [-0.39, 0.29) is 11.4 Å². The van der Waals surface area contributed by atoms with Gasteiger partial charge < -0.3 is 20.9 Å². The number of hydrogen-bond acceptors (Lipinski definition) is 4. The van der Waals surface area contributed by atoms with Crippen LogP contribution in [0.15, 0.2) is 48.5 Å². The average Bonchev–Trinajstić information content (AvgIpc) is 2.49. The van der Waals surface area contributed by atoms with Gasteiger partial charge in [0.1, 0.15) is 17.5 Å². The second kappa shape index (κ2) is 6.08. The van der Waals surface area contributed by atoms with Crippen molar-refractivity contribution >= 4 is 11.6 Å². The first-order chi connectivity index (χ1) is 9.61. The Morgan fingerprint density at radius 3 is 2.60 bits per heavy atom. The number of aromatic hydroxyl groups is 1. The van der Waals surface area contributed by atoms with Gasteiger partial charge in [0.05, 0.1) is 12.8 Å². The molecule has 0 saturated heterocycles. The summed E-state index contributed by atoms with van der Waals surface area (Å²) in [5.74, 6) is 0.0885. The minimum Gasteiger partial charge on any atom is -0.506 e. The largest absolute Gasteiger partial charge is 0.506 e. The number of amides is 1. The molecule has 5 nitrogen and oxygen atoms in total. The first-order valence-corrected chi connectivity index (χ1v) is 6.10. The highest BCUT2D eigenvalue weighted by atomic mass is 16.5. The van der Waals surface area contributed by atoms with Crippen molar-refractivity contribution < 1.29 is 14.6 Å². The summed E-state index contributed by atoms with van der Waals surface area (Å²) in [5, 5.41) is 12.3. The molecule has 1 atom stereocenters. The number of rotatable bonds is 4. The van der Waals surface area contributed by atoms with E-state index < -0.39 is 11.9 Å². The molecular weight excluding hydrogens is 256 g/mol. The van der Waals surface area contributed by atoms with Crippen LogP contribution in [0.25, 0.3) is 0 Å². The lowest BCUT2D eigenvalue weighted by Crippen LogP contribution is -2.27. The maximum Gasteiger partial charge on any atom is 0.245 e. The maximum atomic E-state index is 12.1. The van der Waals surface area contributed by atoms with E-state index in [2.05, 4.69) is 5.32 Å². The fourth-order valence-electron chi connectivity index (χ4n) is 1.76. The molecule has 5 heteroatoms. The topological polar surface area (TPSA) is 84.6 Å². The van der Waals surface area contributed by atoms with Gasteiger partial charge in [-0.3, -0.25) is 4.79 Å². The fraction of sp³-hybridized carbons (Fsp3) is 0.133. The summed E-state index contributed by atoms with van der Waals surface area (Å²) in [7, 11) is 1.51. The van der Waals surface area contributed by atoms with E-state index in [1.54, 1.807) is 18.2 Å². The molecule has 0 aliphatic carbocycles. The van der Waals surface area contributed by atoms with Crippen molar-refractivity contribution in [1.82, 2.24) is 0 Å². The number of nitrogens with one attached hydrogen (secondary N) is 1. The molecule has 20 heavy (non-hydrogen) atoms. The summed E-state index contributed by atoms with van der Waals surface area (Å²) in [6, 6.07) is 12.8. The van der Waals surface area contributed by atoms with Crippen molar-refractivity contribution in [2.45, 2.75) is 6.04 Å². The third kappa shape index (κ3) is 3.07. The molecule has 0 fully saturated rings. The number of nitrogens with two attached hydrogens (primary N) is 1. The Labute approximate surface area is 117 Å². The van der Waals surface area contributed by atoms with Crippen LogP contribution in [0.2, 0.25) is 0 Å². The molecule has 0 aliphatic rings. The Balaban J connectivity index is 2.15. The second-order valence-corrected chi connectivity index (χ2v) is 4.26. The quantitative estimate of drug-likeness (QED) is 0.744. The van der Waals surface area contributed by atoms with Gasteiger partial charge in [-0.2, -0.15) is 0 Å². The Kier molecular flexibility index (Phi) is 4.22. The molecule has 1 unspecified atom stereocenters. The second-order valence-electron chi connectivity index (χ2n) is 4.26. The molecule has 0 aromatic heterocycles. The molecule has 0 spiro atoms. The molecule has 0 aliphatic heterocycles. The van der Waals surface area contributed by atoms with E-state index in [0.717, 1.165) is 0 Å². The standard InChI is InChI=1S/C15H16N2O3/c1-20-11-7-8-13(18)12(9-11)17-15(19)14(16)10-5-3-2-4-6-10/h2-9,14,18H,16H2,1H3,(H,17,19). The normalized spacial score (nSPS) is 11.7. The first kappa shape index (κ1) is 13.9. The van der Waals surface area contributed by atoms with Crippen LogP contribution < -0.4 is 15.8 Å². The van der Waals surface area contributed by atoms with E-state index in [1.165, 1.54) is 19.2 Å². The Bertz CT molecular complexity index is 599. The van der Waals surface area contributed by atoms with E-state index in [4.69, 9.17) is 10.5 Å². The number of anilines is 1. The van der Waals surface area contributed by atoms with Crippen LogP contribution in [-0.2, 0) is 4.79 Å². The molecule has 0 saturated carbocycles. The molecule has 0 bridgehead atoms. The number of benzene rings is 2. The van der Waals surface area contributed by atoms with Crippen LogP contribution in [0.3, 0.4) is 0 Å². The van der Waals surface area contributed by atoms with Gasteiger partial charge in [-0.1, -0.05) is 30.3 Å². The molecule has 0 radical (unpaired) electrons. The van der Waals surface area contributed by atoms with Crippen molar-refractivity contribution in [2.75, 3.05) is 12.4 Å². The lowest BCUT2D eigenvalue weighted by Gasteiger charge is -2.14. The van der Waals surface area contributed by atoms with Gasteiger partial charge in [-0.15, -0.1) is 0 Å². The summed E-state index contributed by atoms with van der Waals surface area (Å²) in [6.45, 7) is 0. The molecule has 104 valence electrons. The first-order valence-electron chi connectivity index (χ1n) is 6.10. The SMILES string of the molecule is COc1ccc(O)c(NC(=O)C(N)c2ccccc2)c1. The number of ether oxygens (including phenoxy) is 1. The van der Waals surface area contributed by atoms with Crippen LogP contribution in [-0.4, -0.2) is 18.1 Å². The minimum absolute atomic E-state index is 0.0422. The Morgan fingerprint density at radius 2 is 1.95 bits per heavy atom. The van der Waals surface area contributed by atoms with E-state index in [9.17, 15) is 9.90 Å². The van der Waals surface area contributed by atoms with Gasteiger partial charge in [0.25, 0.3) is 0 Å².